The van der Waals surface area contributed by atoms with Crippen LogP contribution in [0.5, 0.6) is 0 Å². The number of rotatable bonds is 6. The minimum atomic E-state index is -0.418. The molecule has 0 aliphatic carbocycles. The van der Waals surface area contributed by atoms with Gasteiger partial charge in [0.2, 0.25) is 5.82 Å². The van der Waals surface area contributed by atoms with Crippen LogP contribution in [0.3, 0.4) is 0 Å². The van der Waals surface area contributed by atoms with Crippen LogP contribution < -0.4 is 5.32 Å². The molecule has 2 heterocycles. The number of nitro benzene ring substituents is 1. The van der Waals surface area contributed by atoms with Crippen molar-refractivity contribution < 1.29 is 14.2 Å². The van der Waals surface area contributed by atoms with Crippen molar-refractivity contribution in [2.45, 2.75) is 25.9 Å². The van der Waals surface area contributed by atoms with Crippen molar-refractivity contribution in [3.63, 3.8) is 0 Å². The second-order valence-electron chi connectivity index (χ2n) is 6.79. The van der Waals surface area contributed by atoms with Crippen LogP contribution in [0.1, 0.15) is 18.4 Å². The van der Waals surface area contributed by atoms with Gasteiger partial charge in [-0.3, -0.25) is 10.1 Å². The maximum atomic E-state index is 11.5. The normalized spacial score (nSPS) is 16.2. The number of anilines is 1. The van der Waals surface area contributed by atoms with Crippen LogP contribution in [-0.4, -0.2) is 34.3 Å². The van der Waals surface area contributed by atoms with Crippen LogP contribution >= 0.6 is 0 Å². The summed E-state index contributed by atoms with van der Waals surface area (Å²) < 4.78 is 10.9. The van der Waals surface area contributed by atoms with Gasteiger partial charge in [0.05, 0.1) is 11.0 Å². The van der Waals surface area contributed by atoms with E-state index in [1.54, 1.807) is 12.1 Å². The van der Waals surface area contributed by atoms with Crippen molar-refractivity contribution in [2.75, 3.05) is 18.5 Å². The van der Waals surface area contributed by atoms with E-state index < -0.39 is 4.92 Å². The van der Waals surface area contributed by atoms with E-state index in [2.05, 4.69) is 15.5 Å². The summed E-state index contributed by atoms with van der Waals surface area (Å²) in [6.45, 7) is 3.28. The fourth-order valence-electron chi connectivity index (χ4n) is 3.15. The Morgan fingerprint density at radius 2 is 2.00 bits per heavy atom. The van der Waals surface area contributed by atoms with Gasteiger partial charge in [-0.1, -0.05) is 35.0 Å². The highest BCUT2D eigenvalue weighted by atomic mass is 16.6. The van der Waals surface area contributed by atoms with Gasteiger partial charge in [-0.2, -0.15) is 4.98 Å². The first kappa shape index (κ1) is 18.1. The highest BCUT2D eigenvalue weighted by Gasteiger charge is 2.21. The first-order valence-electron chi connectivity index (χ1n) is 9.15. The number of aryl methyl sites for hydroxylation is 1. The molecule has 8 heteroatoms. The second kappa shape index (κ2) is 7.77. The van der Waals surface area contributed by atoms with E-state index >= 15 is 0 Å². The topological polar surface area (TPSA) is 103 Å². The number of ether oxygens (including phenoxy) is 1. The molecule has 0 saturated carbocycles. The molecule has 1 saturated heterocycles. The van der Waals surface area contributed by atoms with Crippen LogP contribution in [-0.2, 0) is 4.74 Å². The molecule has 3 aromatic rings. The smallest absolute Gasteiger partial charge is 0.293 e. The van der Waals surface area contributed by atoms with Crippen molar-refractivity contribution in [1.82, 2.24) is 10.1 Å². The molecule has 0 unspecified atom stereocenters. The molecular weight excluding hydrogens is 360 g/mol. The number of benzene rings is 2. The zero-order valence-corrected chi connectivity index (χ0v) is 15.4. The van der Waals surface area contributed by atoms with Gasteiger partial charge in [-0.05, 0) is 31.9 Å². The number of hydrogen-bond acceptors (Lipinski definition) is 7. The second-order valence-corrected chi connectivity index (χ2v) is 6.79. The Kier molecular flexibility index (Phi) is 5.03. The molecule has 1 fully saturated rings. The molecule has 144 valence electrons. The number of hydrogen-bond donors (Lipinski definition) is 1. The van der Waals surface area contributed by atoms with Gasteiger partial charge in [0.1, 0.15) is 5.69 Å². The summed E-state index contributed by atoms with van der Waals surface area (Å²) >= 11 is 0. The van der Waals surface area contributed by atoms with E-state index in [1.165, 1.54) is 6.07 Å². The van der Waals surface area contributed by atoms with Crippen LogP contribution in [0.25, 0.3) is 22.8 Å². The molecule has 0 radical (unpaired) electrons. The first-order valence-corrected chi connectivity index (χ1v) is 9.15. The lowest BCUT2D eigenvalue weighted by atomic mass is 10.1. The fraction of sp³-hybridized carbons (Fsp3) is 0.300. The Morgan fingerprint density at radius 3 is 2.71 bits per heavy atom. The third-order valence-electron chi connectivity index (χ3n) is 4.72. The van der Waals surface area contributed by atoms with Crippen LogP contribution in [0.15, 0.2) is 47.0 Å². The Balaban J connectivity index is 1.57. The first-order chi connectivity index (χ1) is 13.6. The maximum Gasteiger partial charge on any atom is 0.293 e. The van der Waals surface area contributed by atoms with Gasteiger partial charge in [-0.25, -0.2) is 0 Å². The minimum Gasteiger partial charge on any atom is -0.377 e. The lowest BCUT2D eigenvalue weighted by Crippen LogP contribution is -2.18. The van der Waals surface area contributed by atoms with Gasteiger partial charge < -0.3 is 14.6 Å². The van der Waals surface area contributed by atoms with Gasteiger partial charge in [0, 0.05) is 30.3 Å². The average molecular weight is 380 g/mol. The molecule has 8 nitrogen and oxygen atoms in total. The van der Waals surface area contributed by atoms with Crippen LogP contribution in [0.4, 0.5) is 11.4 Å². The summed E-state index contributed by atoms with van der Waals surface area (Å²) in [5.41, 5.74) is 2.87. The molecule has 28 heavy (non-hydrogen) atoms. The third kappa shape index (κ3) is 3.86. The van der Waals surface area contributed by atoms with Crippen molar-refractivity contribution >= 4 is 11.4 Å². The quantitative estimate of drug-likeness (QED) is 0.504. The predicted octanol–water partition coefficient (Wildman–Crippen LogP) is 4.21. The van der Waals surface area contributed by atoms with E-state index in [4.69, 9.17) is 9.26 Å². The molecule has 0 spiro atoms. The molecule has 0 amide bonds. The molecule has 4 rings (SSSR count). The van der Waals surface area contributed by atoms with Crippen molar-refractivity contribution in [2.24, 2.45) is 0 Å². The van der Waals surface area contributed by atoms with Crippen molar-refractivity contribution in [3.8, 4) is 22.8 Å². The van der Waals surface area contributed by atoms with Gasteiger partial charge in [-0.15, -0.1) is 0 Å². The monoisotopic (exact) mass is 380 g/mol. The largest absolute Gasteiger partial charge is 0.377 e. The number of nitrogens with zero attached hydrogens (tertiary/aromatic N) is 3. The molecule has 1 aliphatic rings. The van der Waals surface area contributed by atoms with Crippen LogP contribution in [0, 0.1) is 17.0 Å². The lowest BCUT2D eigenvalue weighted by Gasteiger charge is -2.12. The maximum absolute atomic E-state index is 11.5. The summed E-state index contributed by atoms with van der Waals surface area (Å²) in [6, 6.07) is 12.6. The van der Waals surface area contributed by atoms with E-state index in [9.17, 15) is 10.1 Å². The zero-order valence-electron chi connectivity index (χ0n) is 15.4. The number of nitrogens with one attached hydrogen (secondary N) is 1. The number of aromatic nitrogens is 2. The van der Waals surface area contributed by atoms with Gasteiger partial charge in [0.15, 0.2) is 0 Å². The fourth-order valence-corrected chi connectivity index (χ4v) is 3.15. The Morgan fingerprint density at radius 1 is 1.21 bits per heavy atom. The van der Waals surface area contributed by atoms with E-state index in [0.717, 1.165) is 30.6 Å². The summed E-state index contributed by atoms with van der Waals surface area (Å²) in [7, 11) is 0. The van der Waals surface area contributed by atoms with Gasteiger partial charge in [0.25, 0.3) is 11.6 Å². The van der Waals surface area contributed by atoms with Crippen molar-refractivity contribution in [3.05, 3.63) is 58.1 Å². The molecule has 2 aromatic carbocycles. The lowest BCUT2D eigenvalue weighted by molar-refractivity contribution is -0.383. The average Bonchev–Trinajstić information content (AvgIpc) is 3.39. The Hall–Kier alpha value is -3.26. The predicted molar refractivity (Wildman–Crippen MR) is 104 cm³/mol. The number of nitro groups is 1. The molecular formula is C20H20N4O4. The van der Waals surface area contributed by atoms with Crippen LogP contribution in [0.2, 0.25) is 0 Å². The summed E-state index contributed by atoms with van der Waals surface area (Å²) in [5.74, 6) is 0.683. The van der Waals surface area contributed by atoms with E-state index in [1.807, 2.05) is 31.2 Å². The standard InChI is InChI=1S/C20H20N4O4/c1-13-4-6-14(7-5-13)19-22-20(28-23-19)15-8-9-17(18(11-15)24(25)26)21-12-16-3-2-10-27-16/h4-9,11,16,21H,2-3,10,12H2,1H3/t16-/m0/s1. The SMILES string of the molecule is Cc1ccc(-c2noc(-c3ccc(NC[C@@H]4CCCO4)c([N+](=O)[O-])c3)n2)cc1. The zero-order chi connectivity index (χ0) is 19.5. The molecule has 1 aromatic heterocycles. The Bertz CT molecular complexity index is 978. The highest BCUT2D eigenvalue weighted by molar-refractivity contribution is 5.70. The molecule has 0 bridgehead atoms. The Labute approximate surface area is 161 Å². The van der Waals surface area contributed by atoms with E-state index in [0.29, 0.717) is 23.6 Å². The summed E-state index contributed by atoms with van der Waals surface area (Å²) in [5, 5.41) is 18.6. The summed E-state index contributed by atoms with van der Waals surface area (Å²) in [6.07, 6.45) is 2.07. The van der Waals surface area contributed by atoms with Crippen molar-refractivity contribution in [1.29, 1.82) is 0 Å². The minimum absolute atomic E-state index is 0.0365. The molecule has 1 atom stereocenters. The third-order valence-corrected chi connectivity index (χ3v) is 4.72. The summed E-state index contributed by atoms with van der Waals surface area (Å²) in [4.78, 5) is 15.5. The molecule has 1 N–H and O–H groups in total. The molecule has 1 aliphatic heterocycles. The van der Waals surface area contributed by atoms with E-state index in [-0.39, 0.29) is 17.7 Å². The highest BCUT2D eigenvalue weighted by Crippen LogP contribution is 2.31. The van der Waals surface area contributed by atoms with Gasteiger partial charge >= 0.3 is 0 Å².